The van der Waals surface area contributed by atoms with Gasteiger partial charge in [-0.15, -0.1) is 0 Å². The second kappa shape index (κ2) is 7.69. The lowest BCUT2D eigenvalue weighted by Crippen LogP contribution is -2.19. The SMILES string of the molecule is COc1cccc(CN(C)CCCCBr)c1. The number of hydrogen-bond acceptors (Lipinski definition) is 2. The van der Waals surface area contributed by atoms with Crippen molar-refractivity contribution in [1.29, 1.82) is 0 Å². The molecule has 0 aliphatic carbocycles. The van der Waals surface area contributed by atoms with Crippen molar-refractivity contribution < 1.29 is 4.74 Å². The lowest BCUT2D eigenvalue weighted by atomic mass is 10.2. The van der Waals surface area contributed by atoms with Crippen LogP contribution in [0.25, 0.3) is 0 Å². The summed E-state index contributed by atoms with van der Waals surface area (Å²) >= 11 is 3.45. The third-order valence-electron chi connectivity index (χ3n) is 2.51. The van der Waals surface area contributed by atoms with E-state index in [2.05, 4.69) is 40.0 Å². The first-order valence-corrected chi connectivity index (χ1v) is 6.76. The number of alkyl halides is 1. The summed E-state index contributed by atoms with van der Waals surface area (Å²) in [6.45, 7) is 2.13. The third kappa shape index (κ3) is 4.99. The second-order valence-electron chi connectivity index (χ2n) is 3.99. The monoisotopic (exact) mass is 285 g/mol. The normalized spacial score (nSPS) is 10.8. The van der Waals surface area contributed by atoms with Crippen LogP contribution in [0.2, 0.25) is 0 Å². The van der Waals surface area contributed by atoms with Crippen LogP contribution in [-0.4, -0.2) is 30.9 Å². The van der Waals surface area contributed by atoms with Crippen molar-refractivity contribution in [2.75, 3.05) is 26.0 Å². The molecular formula is C13H20BrNO. The molecular weight excluding hydrogens is 266 g/mol. The highest BCUT2D eigenvalue weighted by molar-refractivity contribution is 9.09. The predicted molar refractivity (Wildman–Crippen MR) is 72.4 cm³/mol. The van der Waals surface area contributed by atoms with E-state index >= 15 is 0 Å². The number of nitrogens with zero attached hydrogens (tertiary/aromatic N) is 1. The Labute approximate surface area is 107 Å². The van der Waals surface area contributed by atoms with E-state index < -0.39 is 0 Å². The zero-order valence-corrected chi connectivity index (χ0v) is 11.7. The number of benzene rings is 1. The molecule has 0 radical (unpaired) electrons. The summed E-state index contributed by atoms with van der Waals surface area (Å²) in [6, 6.07) is 8.26. The Balaban J connectivity index is 2.39. The third-order valence-corrected chi connectivity index (χ3v) is 3.07. The Bertz CT molecular complexity index is 304. The molecule has 2 nitrogen and oxygen atoms in total. The Kier molecular flexibility index (Phi) is 6.50. The molecule has 0 saturated carbocycles. The second-order valence-corrected chi connectivity index (χ2v) is 4.78. The van der Waals surface area contributed by atoms with Crippen LogP contribution in [0.15, 0.2) is 24.3 Å². The highest BCUT2D eigenvalue weighted by Crippen LogP contribution is 2.14. The van der Waals surface area contributed by atoms with E-state index in [9.17, 15) is 0 Å². The van der Waals surface area contributed by atoms with Crippen LogP contribution in [0.1, 0.15) is 18.4 Å². The van der Waals surface area contributed by atoms with Crippen LogP contribution in [0, 0.1) is 0 Å². The summed E-state index contributed by atoms with van der Waals surface area (Å²) in [4.78, 5) is 2.34. The van der Waals surface area contributed by atoms with Crippen molar-refractivity contribution in [2.45, 2.75) is 19.4 Å². The van der Waals surface area contributed by atoms with E-state index in [0.29, 0.717) is 0 Å². The van der Waals surface area contributed by atoms with Gasteiger partial charge in [0.05, 0.1) is 7.11 Å². The minimum Gasteiger partial charge on any atom is -0.497 e. The topological polar surface area (TPSA) is 12.5 Å². The molecule has 0 bridgehead atoms. The maximum absolute atomic E-state index is 5.21. The summed E-state index contributed by atoms with van der Waals surface area (Å²) in [7, 11) is 3.87. The molecule has 0 N–H and O–H groups in total. The van der Waals surface area contributed by atoms with E-state index in [0.717, 1.165) is 24.2 Å². The molecule has 90 valence electrons. The molecule has 0 aliphatic heterocycles. The Morgan fingerprint density at radius 2 is 2.12 bits per heavy atom. The van der Waals surface area contributed by atoms with Crippen LogP contribution in [0.4, 0.5) is 0 Å². The summed E-state index contributed by atoms with van der Waals surface area (Å²) < 4.78 is 5.21. The van der Waals surface area contributed by atoms with Gasteiger partial charge in [-0.3, -0.25) is 0 Å². The number of halogens is 1. The van der Waals surface area contributed by atoms with Crippen molar-refractivity contribution in [3.8, 4) is 5.75 Å². The number of methoxy groups -OCH3 is 1. The maximum atomic E-state index is 5.21. The van der Waals surface area contributed by atoms with Gasteiger partial charge in [0.15, 0.2) is 0 Å². The van der Waals surface area contributed by atoms with Gasteiger partial charge in [0.25, 0.3) is 0 Å². The molecule has 16 heavy (non-hydrogen) atoms. The smallest absolute Gasteiger partial charge is 0.119 e. The molecule has 3 heteroatoms. The van der Waals surface area contributed by atoms with E-state index in [4.69, 9.17) is 4.74 Å². The molecule has 0 unspecified atom stereocenters. The van der Waals surface area contributed by atoms with Gasteiger partial charge in [0.1, 0.15) is 5.75 Å². The molecule has 0 aromatic heterocycles. The number of hydrogen-bond donors (Lipinski definition) is 0. The van der Waals surface area contributed by atoms with E-state index in [1.165, 1.54) is 18.4 Å². The van der Waals surface area contributed by atoms with Crippen LogP contribution >= 0.6 is 15.9 Å². The molecule has 1 aromatic rings. The first-order valence-electron chi connectivity index (χ1n) is 5.63. The van der Waals surface area contributed by atoms with Gasteiger partial charge in [0.2, 0.25) is 0 Å². The largest absolute Gasteiger partial charge is 0.497 e. The molecule has 1 rings (SSSR count). The van der Waals surface area contributed by atoms with Crippen molar-refractivity contribution in [1.82, 2.24) is 4.90 Å². The zero-order valence-electron chi connectivity index (χ0n) is 10.1. The standard InChI is InChI=1S/C13H20BrNO/c1-15(9-4-3-8-14)11-12-6-5-7-13(10-12)16-2/h5-7,10H,3-4,8-9,11H2,1-2H3. The highest BCUT2D eigenvalue weighted by atomic mass is 79.9. The van der Waals surface area contributed by atoms with Crippen LogP contribution in [-0.2, 0) is 6.54 Å². The number of ether oxygens (including phenoxy) is 1. The molecule has 0 spiro atoms. The molecule has 0 saturated heterocycles. The fraction of sp³-hybridized carbons (Fsp3) is 0.538. The van der Waals surface area contributed by atoms with Gasteiger partial charge >= 0.3 is 0 Å². The lowest BCUT2D eigenvalue weighted by Gasteiger charge is -2.16. The van der Waals surface area contributed by atoms with Gasteiger partial charge in [-0.05, 0) is 44.1 Å². The van der Waals surface area contributed by atoms with E-state index in [1.807, 2.05) is 12.1 Å². The van der Waals surface area contributed by atoms with Crippen LogP contribution < -0.4 is 4.74 Å². The van der Waals surface area contributed by atoms with Gasteiger partial charge in [-0.25, -0.2) is 0 Å². The Morgan fingerprint density at radius 3 is 2.81 bits per heavy atom. The summed E-state index contributed by atoms with van der Waals surface area (Å²) in [5, 5.41) is 1.10. The number of unbranched alkanes of at least 4 members (excludes halogenated alkanes) is 1. The van der Waals surface area contributed by atoms with E-state index in [-0.39, 0.29) is 0 Å². The minimum absolute atomic E-state index is 0.936. The minimum atomic E-state index is 0.936. The molecule has 0 heterocycles. The summed E-state index contributed by atoms with van der Waals surface area (Å²) in [5.74, 6) is 0.936. The van der Waals surface area contributed by atoms with Gasteiger partial charge in [0, 0.05) is 11.9 Å². The predicted octanol–water partition coefficient (Wildman–Crippen LogP) is 3.30. The van der Waals surface area contributed by atoms with Crippen LogP contribution in [0.3, 0.4) is 0 Å². The van der Waals surface area contributed by atoms with Crippen molar-refractivity contribution in [3.63, 3.8) is 0 Å². The molecule has 1 aromatic carbocycles. The fourth-order valence-corrected chi connectivity index (χ4v) is 2.03. The van der Waals surface area contributed by atoms with Crippen LogP contribution in [0.5, 0.6) is 5.75 Å². The van der Waals surface area contributed by atoms with Crippen molar-refractivity contribution in [2.24, 2.45) is 0 Å². The van der Waals surface area contributed by atoms with Crippen molar-refractivity contribution in [3.05, 3.63) is 29.8 Å². The highest BCUT2D eigenvalue weighted by Gasteiger charge is 2.01. The maximum Gasteiger partial charge on any atom is 0.119 e. The molecule has 0 atom stereocenters. The average molecular weight is 286 g/mol. The Morgan fingerprint density at radius 1 is 1.31 bits per heavy atom. The Hall–Kier alpha value is -0.540. The fourth-order valence-electron chi connectivity index (χ4n) is 1.64. The van der Waals surface area contributed by atoms with Gasteiger partial charge < -0.3 is 9.64 Å². The summed E-state index contributed by atoms with van der Waals surface area (Å²) in [6.07, 6.45) is 2.48. The molecule has 0 amide bonds. The quantitative estimate of drug-likeness (QED) is 0.563. The molecule has 0 aliphatic rings. The van der Waals surface area contributed by atoms with E-state index in [1.54, 1.807) is 7.11 Å². The zero-order chi connectivity index (χ0) is 11.8. The van der Waals surface area contributed by atoms with Gasteiger partial charge in [-0.1, -0.05) is 28.1 Å². The average Bonchev–Trinajstić information content (AvgIpc) is 2.29. The first kappa shape index (κ1) is 13.5. The van der Waals surface area contributed by atoms with Crippen molar-refractivity contribution >= 4 is 15.9 Å². The first-order chi connectivity index (χ1) is 7.76. The summed E-state index contributed by atoms with van der Waals surface area (Å²) in [5.41, 5.74) is 1.31. The van der Waals surface area contributed by atoms with Gasteiger partial charge in [-0.2, -0.15) is 0 Å². The molecule has 0 fully saturated rings. The lowest BCUT2D eigenvalue weighted by molar-refractivity contribution is 0.320. The number of rotatable bonds is 7.